The van der Waals surface area contributed by atoms with Crippen LogP contribution in [-0.2, 0) is 16.4 Å². The van der Waals surface area contributed by atoms with Crippen molar-refractivity contribution in [3.63, 3.8) is 0 Å². The van der Waals surface area contributed by atoms with Crippen LogP contribution in [0.2, 0.25) is 0 Å². The average molecular weight is 650 g/mol. The van der Waals surface area contributed by atoms with Gasteiger partial charge >= 0.3 is 6.03 Å². The van der Waals surface area contributed by atoms with Gasteiger partial charge in [0.1, 0.15) is 17.5 Å². The van der Waals surface area contributed by atoms with Gasteiger partial charge in [0.15, 0.2) is 5.82 Å². The Labute approximate surface area is 263 Å². The lowest BCUT2D eigenvalue weighted by Gasteiger charge is -2.23. The summed E-state index contributed by atoms with van der Waals surface area (Å²) in [6.07, 6.45) is 5.74. The predicted molar refractivity (Wildman–Crippen MR) is 169 cm³/mol. The Kier molecular flexibility index (Phi) is 10.0. The Morgan fingerprint density at radius 3 is 2.04 bits per heavy atom. The summed E-state index contributed by atoms with van der Waals surface area (Å²) in [5.74, 6) is 0.0384. The highest BCUT2D eigenvalue weighted by Gasteiger charge is 2.21. The molecule has 1 unspecified atom stereocenters. The highest BCUT2D eigenvalue weighted by atomic mass is 32.2. The van der Waals surface area contributed by atoms with Crippen LogP contribution in [0.3, 0.4) is 0 Å². The van der Waals surface area contributed by atoms with E-state index >= 15 is 0 Å². The first kappa shape index (κ1) is 31.6. The number of amides is 2. The van der Waals surface area contributed by atoms with Gasteiger partial charge in [-0.15, -0.1) is 0 Å². The number of aromatic nitrogens is 4. The van der Waals surface area contributed by atoms with Gasteiger partial charge in [-0.1, -0.05) is 24.3 Å². The molecule has 5 aromatic rings. The first-order valence-electron chi connectivity index (χ1n) is 13.9. The molecule has 0 spiro atoms. The maximum absolute atomic E-state index is 13.7. The number of carbonyl (C=O) groups excluding carboxylic acids is 1. The summed E-state index contributed by atoms with van der Waals surface area (Å²) >= 11 is 1.00. The minimum Gasteiger partial charge on any atom is -0.335 e. The van der Waals surface area contributed by atoms with E-state index in [1.165, 1.54) is 24.3 Å². The summed E-state index contributed by atoms with van der Waals surface area (Å²) in [5, 5.41) is 6.00. The second-order valence-corrected chi connectivity index (χ2v) is 12.8. The van der Waals surface area contributed by atoms with Gasteiger partial charge in [0, 0.05) is 53.6 Å². The molecule has 45 heavy (non-hydrogen) atoms. The molecule has 232 valence electrons. The van der Waals surface area contributed by atoms with Gasteiger partial charge < -0.3 is 5.32 Å². The second-order valence-electron chi connectivity index (χ2n) is 10.3. The van der Waals surface area contributed by atoms with Crippen LogP contribution >= 0.6 is 11.5 Å². The normalized spacial score (nSPS) is 12.1. The summed E-state index contributed by atoms with van der Waals surface area (Å²) < 4.78 is 57.0. The number of sulfonamides is 1. The van der Waals surface area contributed by atoms with Gasteiger partial charge in [0.25, 0.3) is 0 Å². The maximum Gasteiger partial charge on any atom is 0.321 e. The summed E-state index contributed by atoms with van der Waals surface area (Å²) in [7, 11) is -3.40. The smallest absolute Gasteiger partial charge is 0.321 e. The molecule has 0 radical (unpaired) electrons. The Balaban J connectivity index is 1.28. The fourth-order valence-electron chi connectivity index (χ4n) is 4.78. The number of anilines is 2. The van der Waals surface area contributed by atoms with Gasteiger partial charge in [-0.2, -0.15) is 9.36 Å². The minimum absolute atomic E-state index is 0.181. The SMILES string of the molecule is CS(=O)(=O)Nc1ccc(-c2nsc(NC(=O)NC(CCC(c3ccc(F)cc3)c3ccc(F)cc3)Cc3ncccn3)n2)cc1. The summed E-state index contributed by atoms with van der Waals surface area (Å²) in [6, 6.07) is 19.8. The van der Waals surface area contributed by atoms with E-state index in [1.807, 2.05) is 0 Å². The first-order valence-corrected chi connectivity index (χ1v) is 16.5. The number of halogens is 2. The lowest BCUT2D eigenvalue weighted by atomic mass is 9.86. The van der Waals surface area contributed by atoms with Gasteiger partial charge in [0.2, 0.25) is 15.2 Å². The standard InChI is InChI=1S/C31H29F2N7O3S2/c1-45(42,43)40-25-13-7-22(8-14-25)29-37-31(44-39-29)38-30(41)36-26(19-28-34-17-2-18-35-28)15-16-27(20-3-9-23(32)10-4-20)21-5-11-24(33)12-6-21/h2-14,17-18,26-27,40H,15-16,19H2,1H3,(H2,36,37,38,39,41). The largest absolute Gasteiger partial charge is 0.335 e. The molecular weight excluding hydrogens is 621 g/mol. The number of urea groups is 1. The van der Waals surface area contributed by atoms with Crippen molar-refractivity contribution in [1.82, 2.24) is 24.6 Å². The van der Waals surface area contributed by atoms with E-state index in [2.05, 4.69) is 34.7 Å². The van der Waals surface area contributed by atoms with Crippen LogP contribution in [0.1, 0.15) is 35.7 Å². The Bertz CT molecular complexity index is 1780. The summed E-state index contributed by atoms with van der Waals surface area (Å²) in [5.41, 5.74) is 2.78. The number of carbonyl (C=O) groups is 1. The van der Waals surface area contributed by atoms with Crippen molar-refractivity contribution in [2.75, 3.05) is 16.3 Å². The highest BCUT2D eigenvalue weighted by Crippen LogP contribution is 2.31. The van der Waals surface area contributed by atoms with Crippen molar-refractivity contribution < 1.29 is 22.0 Å². The molecule has 0 bridgehead atoms. The zero-order valence-corrected chi connectivity index (χ0v) is 25.7. The highest BCUT2D eigenvalue weighted by molar-refractivity contribution is 7.92. The van der Waals surface area contributed by atoms with E-state index in [0.29, 0.717) is 42.2 Å². The molecule has 2 heterocycles. The van der Waals surface area contributed by atoms with E-state index < -0.39 is 22.1 Å². The Morgan fingerprint density at radius 2 is 1.47 bits per heavy atom. The second kappa shape index (κ2) is 14.3. The van der Waals surface area contributed by atoms with Crippen LogP contribution in [0.4, 0.5) is 24.4 Å². The number of rotatable bonds is 12. The zero-order valence-electron chi connectivity index (χ0n) is 24.0. The molecule has 10 nitrogen and oxygen atoms in total. The molecule has 0 saturated heterocycles. The first-order chi connectivity index (χ1) is 21.6. The quantitative estimate of drug-likeness (QED) is 0.151. The van der Waals surface area contributed by atoms with Crippen molar-refractivity contribution in [2.45, 2.75) is 31.2 Å². The van der Waals surface area contributed by atoms with Crippen molar-refractivity contribution in [2.24, 2.45) is 0 Å². The van der Waals surface area contributed by atoms with Crippen LogP contribution in [0.15, 0.2) is 91.3 Å². The molecule has 1 atom stereocenters. The van der Waals surface area contributed by atoms with E-state index in [1.54, 1.807) is 67.0 Å². The average Bonchev–Trinajstić information content (AvgIpc) is 3.47. The van der Waals surface area contributed by atoms with Crippen LogP contribution in [-0.4, -0.2) is 46.1 Å². The molecule has 0 saturated carbocycles. The van der Waals surface area contributed by atoms with E-state index in [4.69, 9.17) is 0 Å². The van der Waals surface area contributed by atoms with Crippen LogP contribution in [0, 0.1) is 11.6 Å². The fraction of sp³-hybridized carbons (Fsp3) is 0.194. The minimum atomic E-state index is -3.40. The molecule has 3 N–H and O–H groups in total. The molecule has 0 fully saturated rings. The van der Waals surface area contributed by atoms with Crippen molar-refractivity contribution >= 4 is 38.4 Å². The van der Waals surface area contributed by atoms with Gasteiger partial charge in [0.05, 0.1) is 6.26 Å². The van der Waals surface area contributed by atoms with Crippen LogP contribution < -0.4 is 15.4 Å². The molecule has 0 aliphatic heterocycles. The maximum atomic E-state index is 13.7. The van der Waals surface area contributed by atoms with Gasteiger partial charge in [-0.05, 0) is 78.6 Å². The molecule has 0 aliphatic rings. The summed E-state index contributed by atoms with van der Waals surface area (Å²) in [6.45, 7) is 0. The molecule has 2 aromatic heterocycles. The lowest BCUT2D eigenvalue weighted by Crippen LogP contribution is -2.40. The third-order valence-corrected chi connectivity index (χ3v) is 8.06. The molecule has 14 heteroatoms. The number of nitrogens with zero attached hydrogens (tertiary/aromatic N) is 4. The Hall–Kier alpha value is -4.82. The summed E-state index contributed by atoms with van der Waals surface area (Å²) in [4.78, 5) is 26.1. The monoisotopic (exact) mass is 649 g/mol. The van der Waals surface area contributed by atoms with Crippen molar-refractivity contribution in [3.8, 4) is 11.4 Å². The third-order valence-electron chi connectivity index (χ3n) is 6.82. The number of benzene rings is 3. The lowest BCUT2D eigenvalue weighted by molar-refractivity contribution is 0.247. The van der Waals surface area contributed by atoms with Crippen LogP contribution in [0.5, 0.6) is 0 Å². The van der Waals surface area contributed by atoms with Crippen molar-refractivity contribution in [1.29, 1.82) is 0 Å². The third kappa shape index (κ3) is 9.33. The van der Waals surface area contributed by atoms with Gasteiger partial charge in [-0.3, -0.25) is 10.0 Å². The zero-order chi connectivity index (χ0) is 31.8. The topological polar surface area (TPSA) is 139 Å². The van der Waals surface area contributed by atoms with Crippen molar-refractivity contribution in [3.05, 3.63) is 120 Å². The molecule has 5 rings (SSSR count). The van der Waals surface area contributed by atoms with Crippen LogP contribution in [0.25, 0.3) is 11.4 Å². The number of hydrogen-bond acceptors (Lipinski definition) is 8. The molecule has 2 amide bonds. The fourth-order valence-corrected chi connectivity index (χ4v) is 5.93. The van der Waals surface area contributed by atoms with Gasteiger partial charge in [-0.25, -0.2) is 32.0 Å². The number of nitrogens with one attached hydrogen (secondary N) is 3. The molecular formula is C31H29F2N7O3S2. The van der Waals surface area contributed by atoms with E-state index in [9.17, 15) is 22.0 Å². The molecule has 3 aromatic carbocycles. The van der Waals surface area contributed by atoms with E-state index in [-0.39, 0.29) is 22.7 Å². The molecule has 0 aliphatic carbocycles. The Morgan fingerprint density at radius 1 is 0.867 bits per heavy atom. The predicted octanol–water partition coefficient (Wildman–Crippen LogP) is 5.99. The van der Waals surface area contributed by atoms with E-state index in [0.717, 1.165) is 28.9 Å². The number of hydrogen-bond donors (Lipinski definition) is 3.